The minimum absolute atomic E-state index is 0.0388. The van der Waals surface area contributed by atoms with Crippen molar-refractivity contribution in [1.82, 2.24) is 25.0 Å². The van der Waals surface area contributed by atoms with E-state index in [2.05, 4.69) is 27.3 Å². The summed E-state index contributed by atoms with van der Waals surface area (Å²) in [6, 6.07) is 4.36. The number of carbonyl (C=O) groups excluding carboxylic acids is 1. The Morgan fingerprint density at radius 3 is 3.04 bits per heavy atom. The average molecular weight is 392 g/mol. The Morgan fingerprint density at radius 2 is 2.30 bits per heavy atom. The van der Waals surface area contributed by atoms with Gasteiger partial charge in [-0.15, -0.1) is 10.2 Å². The molecule has 7 nitrogen and oxygen atoms in total. The predicted octanol–water partition coefficient (Wildman–Crippen LogP) is 3.03. The fourth-order valence-corrected chi connectivity index (χ4v) is 4.28. The number of carbonyl (C=O) groups is 1. The number of hydrogen-bond donors (Lipinski definition) is 1. The molecule has 1 saturated heterocycles. The fraction of sp³-hybridized carbons (Fsp3) is 0.632. The summed E-state index contributed by atoms with van der Waals surface area (Å²) in [5, 5.41) is 12.2. The Bertz CT molecular complexity index is 716. The maximum atomic E-state index is 12.1. The van der Waals surface area contributed by atoms with Crippen LogP contribution in [0.1, 0.15) is 39.5 Å². The van der Waals surface area contributed by atoms with Gasteiger partial charge >= 0.3 is 0 Å². The first kappa shape index (κ1) is 19.9. The van der Waals surface area contributed by atoms with Crippen molar-refractivity contribution in [3.8, 4) is 11.6 Å². The van der Waals surface area contributed by atoms with Crippen LogP contribution in [-0.4, -0.2) is 57.0 Å². The first-order valence-electron chi connectivity index (χ1n) is 9.79. The molecule has 8 heteroatoms. The summed E-state index contributed by atoms with van der Waals surface area (Å²) in [6.45, 7) is 8.03. The molecule has 0 saturated carbocycles. The molecule has 0 unspecified atom stereocenters. The van der Waals surface area contributed by atoms with Gasteiger partial charge in [-0.3, -0.25) is 9.36 Å². The van der Waals surface area contributed by atoms with Crippen molar-refractivity contribution in [2.24, 2.45) is 0 Å². The maximum Gasteiger partial charge on any atom is 0.230 e. The van der Waals surface area contributed by atoms with E-state index >= 15 is 0 Å². The number of nitrogens with one attached hydrogen (secondary N) is 1. The van der Waals surface area contributed by atoms with Gasteiger partial charge < -0.3 is 14.6 Å². The normalized spacial score (nSPS) is 17.9. The number of furan rings is 1. The van der Waals surface area contributed by atoms with Gasteiger partial charge in [0.2, 0.25) is 5.91 Å². The Hall–Kier alpha value is -1.80. The number of likely N-dealkylation sites (tertiary alicyclic amines) is 1. The van der Waals surface area contributed by atoms with Crippen molar-refractivity contribution in [3.05, 3.63) is 18.4 Å². The first-order chi connectivity index (χ1) is 13.2. The highest BCUT2D eigenvalue weighted by Crippen LogP contribution is 2.24. The second kappa shape index (κ2) is 9.94. The molecule has 0 aliphatic carbocycles. The van der Waals surface area contributed by atoms with E-state index in [1.54, 1.807) is 6.26 Å². The van der Waals surface area contributed by atoms with Gasteiger partial charge in [0.15, 0.2) is 16.7 Å². The molecule has 0 spiro atoms. The molecule has 1 atom stereocenters. The first-order valence-corrected chi connectivity index (χ1v) is 10.8. The van der Waals surface area contributed by atoms with Crippen molar-refractivity contribution in [1.29, 1.82) is 0 Å². The Labute approximate surface area is 164 Å². The molecular formula is C19H29N5O2S. The van der Waals surface area contributed by atoms with Crippen LogP contribution in [0.3, 0.4) is 0 Å². The zero-order valence-corrected chi connectivity index (χ0v) is 17.0. The summed E-state index contributed by atoms with van der Waals surface area (Å²) in [5.41, 5.74) is 0. The quantitative estimate of drug-likeness (QED) is 0.523. The molecule has 1 amide bonds. The van der Waals surface area contributed by atoms with Crippen molar-refractivity contribution in [3.63, 3.8) is 0 Å². The van der Waals surface area contributed by atoms with Gasteiger partial charge in [0.1, 0.15) is 0 Å². The largest absolute Gasteiger partial charge is 0.461 e. The third-order valence-electron chi connectivity index (χ3n) is 4.99. The van der Waals surface area contributed by atoms with Gasteiger partial charge in [-0.05, 0) is 51.8 Å². The lowest BCUT2D eigenvalue weighted by molar-refractivity contribution is -0.118. The van der Waals surface area contributed by atoms with Crippen LogP contribution in [0.4, 0.5) is 0 Å². The summed E-state index contributed by atoms with van der Waals surface area (Å²) < 4.78 is 7.37. The second-order valence-electron chi connectivity index (χ2n) is 6.90. The third kappa shape index (κ3) is 5.35. The van der Waals surface area contributed by atoms with Crippen molar-refractivity contribution >= 4 is 17.7 Å². The summed E-state index contributed by atoms with van der Waals surface area (Å²) in [4.78, 5) is 14.7. The van der Waals surface area contributed by atoms with Crippen LogP contribution in [0.25, 0.3) is 11.6 Å². The number of thioether (sulfide) groups is 1. The molecule has 27 heavy (non-hydrogen) atoms. The Kier molecular flexibility index (Phi) is 7.34. The summed E-state index contributed by atoms with van der Waals surface area (Å²) in [6.07, 6.45) is 6.55. The zero-order valence-electron chi connectivity index (χ0n) is 16.2. The van der Waals surface area contributed by atoms with E-state index in [1.165, 1.54) is 37.6 Å². The van der Waals surface area contributed by atoms with E-state index in [0.29, 0.717) is 23.4 Å². The van der Waals surface area contributed by atoms with E-state index in [1.807, 2.05) is 23.6 Å². The van der Waals surface area contributed by atoms with Crippen molar-refractivity contribution < 1.29 is 9.21 Å². The molecule has 0 aromatic carbocycles. The number of rotatable bonds is 9. The van der Waals surface area contributed by atoms with Crippen LogP contribution in [0.2, 0.25) is 0 Å². The highest BCUT2D eigenvalue weighted by atomic mass is 32.2. The molecule has 2 aromatic rings. The van der Waals surface area contributed by atoms with Gasteiger partial charge in [-0.2, -0.15) is 0 Å². The standard InChI is InChI=1S/C19H29N5O2S/c1-3-24-18(16-9-6-13-26-16)21-22-19(24)27-14-17(25)20-10-7-12-23-11-5-4-8-15(23)2/h6,9,13,15H,3-5,7-8,10-12,14H2,1-2H3,(H,20,25)/t15-/m1/s1. The van der Waals surface area contributed by atoms with E-state index in [0.717, 1.165) is 31.2 Å². The minimum atomic E-state index is 0.0388. The smallest absolute Gasteiger partial charge is 0.230 e. The van der Waals surface area contributed by atoms with Gasteiger partial charge in [-0.1, -0.05) is 18.2 Å². The number of piperidine rings is 1. The number of aromatic nitrogens is 3. The topological polar surface area (TPSA) is 76.2 Å². The van der Waals surface area contributed by atoms with E-state index in [4.69, 9.17) is 4.42 Å². The fourth-order valence-electron chi connectivity index (χ4n) is 3.45. The van der Waals surface area contributed by atoms with Crippen LogP contribution >= 0.6 is 11.8 Å². The van der Waals surface area contributed by atoms with E-state index in [9.17, 15) is 4.79 Å². The van der Waals surface area contributed by atoms with E-state index < -0.39 is 0 Å². The molecule has 0 bridgehead atoms. The molecule has 1 fully saturated rings. The van der Waals surface area contributed by atoms with E-state index in [-0.39, 0.29) is 5.91 Å². The molecule has 148 valence electrons. The monoisotopic (exact) mass is 391 g/mol. The molecule has 0 radical (unpaired) electrons. The maximum absolute atomic E-state index is 12.1. The lowest BCUT2D eigenvalue weighted by Crippen LogP contribution is -2.39. The predicted molar refractivity (Wildman–Crippen MR) is 107 cm³/mol. The molecule has 2 aromatic heterocycles. The zero-order chi connectivity index (χ0) is 19.1. The van der Waals surface area contributed by atoms with Crippen molar-refractivity contribution in [2.75, 3.05) is 25.4 Å². The van der Waals surface area contributed by atoms with Gasteiger partial charge in [0.25, 0.3) is 0 Å². The van der Waals surface area contributed by atoms with Crippen LogP contribution in [0, 0.1) is 0 Å². The molecule has 3 rings (SSSR count). The molecule has 3 heterocycles. The van der Waals surface area contributed by atoms with Crippen LogP contribution in [0.5, 0.6) is 0 Å². The minimum Gasteiger partial charge on any atom is -0.461 e. The molecule has 1 N–H and O–H groups in total. The van der Waals surface area contributed by atoms with Crippen molar-refractivity contribution in [2.45, 2.75) is 57.3 Å². The summed E-state index contributed by atoms with van der Waals surface area (Å²) in [5.74, 6) is 1.77. The van der Waals surface area contributed by atoms with Crippen LogP contribution in [0.15, 0.2) is 28.0 Å². The van der Waals surface area contributed by atoms with Gasteiger partial charge in [0, 0.05) is 25.7 Å². The number of nitrogens with zero attached hydrogens (tertiary/aromatic N) is 4. The number of hydrogen-bond acceptors (Lipinski definition) is 6. The average Bonchev–Trinajstić information content (AvgIpc) is 3.33. The van der Waals surface area contributed by atoms with Gasteiger partial charge in [-0.25, -0.2) is 0 Å². The lowest BCUT2D eigenvalue weighted by Gasteiger charge is -2.33. The Balaban J connectivity index is 1.40. The highest BCUT2D eigenvalue weighted by molar-refractivity contribution is 7.99. The molecule has 1 aliphatic heterocycles. The summed E-state index contributed by atoms with van der Waals surface area (Å²) in [7, 11) is 0. The second-order valence-corrected chi connectivity index (χ2v) is 7.84. The third-order valence-corrected chi connectivity index (χ3v) is 5.96. The molecular weight excluding hydrogens is 362 g/mol. The summed E-state index contributed by atoms with van der Waals surface area (Å²) >= 11 is 1.41. The number of amides is 1. The highest BCUT2D eigenvalue weighted by Gasteiger charge is 2.18. The van der Waals surface area contributed by atoms with Gasteiger partial charge in [0.05, 0.1) is 12.0 Å². The Morgan fingerprint density at radius 1 is 1.41 bits per heavy atom. The van der Waals surface area contributed by atoms with Crippen LogP contribution in [-0.2, 0) is 11.3 Å². The molecule has 1 aliphatic rings. The van der Waals surface area contributed by atoms with Crippen LogP contribution < -0.4 is 5.32 Å². The lowest BCUT2D eigenvalue weighted by atomic mass is 10.0. The SMILES string of the molecule is CCn1c(SCC(=O)NCCCN2CCCC[C@H]2C)nnc1-c1ccco1.